The molecule has 3 rings (SSSR count). The fourth-order valence-electron chi connectivity index (χ4n) is 5.36. The SMILES string of the molecule is CC(=O)N(C)C1c2ccccc2C2CCCCC21C(C)(C)C. The number of amides is 1. The van der Waals surface area contributed by atoms with Crippen molar-refractivity contribution in [2.75, 3.05) is 7.05 Å². The van der Waals surface area contributed by atoms with Gasteiger partial charge in [0.2, 0.25) is 5.91 Å². The zero-order chi connectivity index (χ0) is 16.1. The van der Waals surface area contributed by atoms with Gasteiger partial charge in [0, 0.05) is 19.4 Å². The highest BCUT2D eigenvalue weighted by molar-refractivity contribution is 5.74. The summed E-state index contributed by atoms with van der Waals surface area (Å²) in [5.74, 6) is 0.763. The molecular weight excluding hydrogens is 270 g/mol. The van der Waals surface area contributed by atoms with E-state index in [0.29, 0.717) is 5.92 Å². The summed E-state index contributed by atoms with van der Waals surface area (Å²) in [6.07, 6.45) is 5.08. The van der Waals surface area contributed by atoms with Gasteiger partial charge in [-0.3, -0.25) is 4.79 Å². The lowest BCUT2D eigenvalue weighted by atomic mass is 9.53. The van der Waals surface area contributed by atoms with Crippen LogP contribution in [0.2, 0.25) is 0 Å². The Morgan fingerprint density at radius 2 is 1.82 bits per heavy atom. The second-order valence-corrected chi connectivity index (χ2v) is 8.25. The first kappa shape index (κ1) is 15.6. The third-order valence-electron chi connectivity index (χ3n) is 6.39. The Kier molecular flexibility index (Phi) is 3.62. The van der Waals surface area contributed by atoms with Crippen molar-refractivity contribution in [3.05, 3.63) is 35.4 Å². The van der Waals surface area contributed by atoms with Crippen LogP contribution in [0.4, 0.5) is 0 Å². The monoisotopic (exact) mass is 299 g/mol. The predicted octanol–water partition coefficient (Wildman–Crippen LogP) is 4.91. The van der Waals surface area contributed by atoms with E-state index in [-0.39, 0.29) is 22.8 Å². The van der Waals surface area contributed by atoms with Crippen LogP contribution < -0.4 is 0 Å². The van der Waals surface area contributed by atoms with Crippen molar-refractivity contribution in [1.29, 1.82) is 0 Å². The lowest BCUT2D eigenvalue weighted by Gasteiger charge is -2.54. The van der Waals surface area contributed by atoms with Gasteiger partial charge in [-0.05, 0) is 35.3 Å². The van der Waals surface area contributed by atoms with Crippen LogP contribution in [-0.4, -0.2) is 17.9 Å². The molecular formula is C20H29NO. The summed E-state index contributed by atoms with van der Waals surface area (Å²) in [5.41, 5.74) is 3.22. The lowest BCUT2D eigenvalue weighted by molar-refractivity contribution is -0.137. The number of fused-ring (bicyclic) bond motifs is 3. The smallest absolute Gasteiger partial charge is 0.219 e. The molecule has 2 heteroatoms. The highest BCUT2D eigenvalue weighted by atomic mass is 16.2. The maximum atomic E-state index is 12.2. The van der Waals surface area contributed by atoms with E-state index < -0.39 is 0 Å². The molecule has 22 heavy (non-hydrogen) atoms. The van der Waals surface area contributed by atoms with Crippen LogP contribution in [0.25, 0.3) is 0 Å². The quantitative estimate of drug-likeness (QED) is 0.721. The van der Waals surface area contributed by atoms with Crippen molar-refractivity contribution in [1.82, 2.24) is 4.90 Å². The van der Waals surface area contributed by atoms with Gasteiger partial charge in [-0.1, -0.05) is 57.9 Å². The number of hydrogen-bond acceptors (Lipinski definition) is 1. The van der Waals surface area contributed by atoms with Crippen molar-refractivity contribution >= 4 is 5.91 Å². The van der Waals surface area contributed by atoms with Crippen molar-refractivity contribution in [2.24, 2.45) is 10.8 Å². The molecule has 1 aromatic rings. The number of carbonyl (C=O) groups excluding carboxylic acids is 1. The number of benzene rings is 1. The van der Waals surface area contributed by atoms with E-state index in [0.717, 1.165) is 0 Å². The zero-order valence-electron chi connectivity index (χ0n) is 14.6. The minimum absolute atomic E-state index is 0.162. The second-order valence-electron chi connectivity index (χ2n) is 8.25. The highest BCUT2D eigenvalue weighted by Gasteiger charge is 2.60. The van der Waals surface area contributed by atoms with E-state index in [1.54, 1.807) is 6.92 Å². The van der Waals surface area contributed by atoms with E-state index in [9.17, 15) is 4.79 Å². The Hall–Kier alpha value is -1.31. The third kappa shape index (κ3) is 1.96. The Bertz CT molecular complexity index is 586. The molecule has 0 saturated heterocycles. The Labute approximate surface area is 134 Å². The molecule has 0 heterocycles. The molecule has 2 aliphatic carbocycles. The average molecular weight is 299 g/mol. The standard InChI is InChI=1S/C20H29NO/c1-14(22)21(5)18-16-11-7-6-10-15(16)17-12-8-9-13-20(17,18)19(2,3)4/h6-7,10-11,17-18H,8-9,12-13H2,1-5H3. The van der Waals surface area contributed by atoms with Gasteiger partial charge in [-0.15, -0.1) is 0 Å². The van der Waals surface area contributed by atoms with Crippen molar-refractivity contribution in [3.63, 3.8) is 0 Å². The predicted molar refractivity (Wildman–Crippen MR) is 90.7 cm³/mol. The van der Waals surface area contributed by atoms with Gasteiger partial charge < -0.3 is 4.90 Å². The molecule has 2 nitrogen and oxygen atoms in total. The molecule has 1 fully saturated rings. The van der Waals surface area contributed by atoms with E-state index in [1.807, 2.05) is 11.9 Å². The van der Waals surface area contributed by atoms with Gasteiger partial charge in [-0.25, -0.2) is 0 Å². The maximum Gasteiger partial charge on any atom is 0.219 e. The number of nitrogens with zero attached hydrogens (tertiary/aromatic N) is 1. The molecule has 0 aromatic heterocycles. The molecule has 3 atom stereocenters. The normalized spacial score (nSPS) is 30.6. The van der Waals surface area contributed by atoms with E-state index in [1.165, 1.54) is 36.8 Å². The van der Waals surface area contributed by atoms with Crippen LogP contribution >= 0.6 is 0 Å². The maximum absolute atomic E-state index is 12.2. The fraction of sp³-hybridized carbons (Fsp3) is 0.650. The number of carbonyl (C=O) groups is 1. The minimum atomic E-state index is 0.162. The van der Waals surface area contributed by atoms with Gasteiger partial charge in [0.25, 0.3) is 0 Å². The van der Waals surface area contributed by atoms with E-state index in [2.05, 4.69) is 45.0 Å². The number of hydrogen-bond donors (Lipinski definition) is 0. The van der Waals surface area contributed by atoms with Crippen molar-refractivity contribution in [2.45, 2.75) is 65.3 Å². The van der Waals surface area contributed by atoms with Crippen LogP contribution in [0, 0.1) is 10.8 Å². The molecule has 0 aliphatic heterocycles. The Morgan fingerprint density at radius 1 is 1.18 bits per heavy atom. The molecule has 120 valence electrons. The molecule has 0 bridgehead atoms. The van der Waals surface area contributed by atoms with Gasteiger partial charge in [0.15, 0.2) is 0 Å². The van der Waals surface area contributed by atoms with Gasteiger partial charge in [0.1, 0.15) is 0 Å². The Balaban J connectivity index is 2.24. The van der Waals surface area contributed by atoms with Crippen LogP contribution in [0.3, 0.4) is 0 Å². The van der Waals surface area contributed by atoms with Gasteiger partial charge >= 0.3 is 0 Å². The van der Waals surface area contributed by atoms with Crippen LogP contribution in [0.5, 0.6) is 0 Å². The van der Waals surface area contributed by atoms with Crippen molar-refractivity contribution < 1.29 is 4.79 Å². The largest absolute Gasteiger partial charge is 0.338 e. The first-order chi connectivity index (χ1) is 10.3. The van der Waals surface area contributed by atoms with Crippen LogP contribution in [0.1, 0.15) is 76.5 Å². The fourth-order valence-corrected chi connectivity index (χ4v) is 5.36. The molecule has 1 saturated carbocycles. The Morgan fingerprint density at radius 3 is 2.41 bits per heavy atom. The zero-order valence-corrected chi connectivity index (χ0v) is 14.6. The summed E-state index contributed by atoms with van der Waals surface area (Å²) >= 11 is 0. The molecule has 0 radical (unpaired) electrons. The third-order valence-corrected chi connectivity index (χ3v) is 6.39. The first-order valence-corrected chi connectivity index (χ1v) is 8.63. The summed E-state index contributed by atoms with van der Waals surface area (Å²) < 4.78 is 0. The molecule has 3 unspecified atom stereocenters. The van der Waals surface area contributed by atoms with Gasteiger partial charge in [0.05, 0.1) is 6.04 Å². The van der Waals surface area contributed by atoms with Crippen LogP contribution in [0.15, 0.2) is 24.3 Å². The van der Waals surface area contributed by atoms with Crippen molar-refractivity contribution in [3.8, 4) is 0 Å². The molecule has 0 spiro atoms. The lowest BCUT2D eigenvalue weighted by Crippen LogP contribution is -2.49. The molecule has 1 amide bonds. The van der Waals surface area contributed by atoms with Crippen LogP contribution in [-0.2, 0) is 4.79 Å². The summed E-state index contributed by atoms with van der Waals surface area (Å²) in [6.45, 7) is 8.82. The molecule has 2 aliphatic rings. The second kappa shape index (κ2) is 5.11. The van der Waals surface area contributed by atoms with E-state index >= 15 is 0 Å². The summed E-state index contributed by atoms with van der Waals surface area (Å²) in [7, 11) is 1.99. The average Bonchev–Trinajstić information content (AvgIpc) is 2.78. The van der Waals surface area contributed by atoms with Gasteiger partial charge in [-0.2, -0.15) is 0 Å². The topological polar surface area (TPSA) is 20.3 Å². The molecule has 1 aromatic carbocycles. The summed E-state index contributed by atoms with van der Waals surface area (Å²) in [4.78, 5) is 14.2. The van der Waals surface area contributed by atoms with E-state index in [4.69, 9.17) is 0 Å². The summed E-state index contributed by atoms with van der Waals surface area (Å²) in [5, 5.41) is 0. The minimum Gasteiger partial charge on any atom is -0.338 e. The first-order valence-electron chi connectivity index (χ1n) is 8.63. The highest BCUT2D eigenvalue weighted by Crippen LogP contribution is 2.69. The molecule has 0 N–H and O–H groups in total. The number of rotatable bonds is 1. The summed E-state index contributed by atoms with van der Waals surface area (Å²) in [6, 6.07) is 9.07.